The van der Waals surface area contributed by atoms with E-state index in [2.05, 4.69) is 40.3 Å². The molecule has 188 valence electrons. The zero-order valence-electron chi connectivity index (χ0n) is 20.4. The first-order valence-electron chi connectivity index (χ1n) is 12.5. The number of H-pyrrole nitrogens is 2. The Bertz CT molecular complexity index is 1600. The van der Waals surface area contributed by atoms with Gasteiger partial charge in [0.15, 0.2) is 17.5 Å². The van der Waals surface area contributed by atoms with Crippen LogP contribution in [0.25, 0.3) is 44.7 Å². The number of aromatic amines is 2. The Morgan fingerprint density at radius 3 is 2.81 bits per heavy atom. The zero-order chi connectivity index (χ0) is 25.4. The molecule has 6 rings (SSSR count). The fourth-order valence-corrected chi connectivity index (χ4v) is 4.81. The average Bonchev–Trinajstić information content (AvgIpc) is 3.54. The Hall–Kier alpha value is -4.41. The van der Waals surface area contributed by atoms with E-state index in [0.717, 1.165) is 49.2 Å². The highest BCUT2D eigenvalue weighted by Crippen LogP contribution is 2.34. The van der Waals surface area contributed by atoms with Crippen LogP contribution >= 0.6 is 0 Å². The lowest BCUT2D eigenvalue weighted by molar-refractivity contribution is -0.116. The number of aromatic nitrogens is 7. The van der Waals surface area contributed by atoms with Crippen LogP contribution in [0.5, 0.6) is 0 Å². The van der Waals surface area contributed by atoms with E-state index in [1.54, 1.807) is 12.3 Å². The lowest BCUT2D eigenvalue weighted by Gasteiger charge is -2.27. The predicted molar refractivity (Wildman–Crippen MR) is 140 cm³/mol. The summed E-state index contributed by atoms with van der Waals surface area (Å²) >= 11 is 0. The summed E-state index contributed by atoms with van der Waals surface area (Å²) in [6, 6.07) is 3.52. The molecule has 6 heterocycles. The number of piperidine rings is 1. The molecule has 1 fully saturated rings. The van der Waals surface area contributed by atoms with Crippen LogP contribution in [0, 0.1) is 5.82 Å². The summed E-state index contributed by atoms with van der Waals surface area (Å²) in [4.78, 5) is 35.4. The summed E-state index contributed by atoms with van der Waals surface area (Å²) in [6.45, 7) is 3.81. The van der Waals surface area contributed by atoms with Gasteiger partial charge < -0.3 is 15.2 Å². The number of nitrogens with one attached hydrogen (secondary N) is 3. The van der Waals surface area contributed by atoms with E-state index in [4.69, 9.17) is 4.98 Å². The van der Waals surface area contributed by atoms with Crippen LogP contribution in [-0.2, 0) is 4.79 Å². The van der Waals surface area contributed by atoms with Gasteiger partial charge in [-0.05, 0) is 37.8 Å². The number of hydrogen-bond donors (Lipinski definition) is 3. The molecule has 0 aromatic carbocycles. The van der Waals surface area contributed by atoms with Crippen LogP contribution in [0.1, 0.15) is 39.0 Å². The number of rotatable bonds is 6. The first-order chi connectivity index (χ1) is 18.1. The lowest BCUT2D eigenvalue weighted by atomic mass is 10.1. The normalized spacial score (nSPS) is 13.9. The van der Waals surface area contributed by atoms with Gasteiger partial charge in [-0.25, -0.2) is 14.4 Å². The van der Waals surface area contributed by atoms with E-state index in [-0.39, 0.29) is 17.0 Å². The van der Waals surface area contributed by atoms with Crippen LogP contribution < -0.4 is 10.2 Å². The number of hydrogen-bond acceptors (Lipinski definition) is 7. The van der Waals surface area contributed by atoms with Gasteiger partial charge in [-0.3, -0.25) is 19.9 Å². The number of nitrogens with zero attached hydrogens (tertiary/aromatic N) is 6. The first-order valence-corrected chi connectivity index (χ1v) is 12.5. The molecule has 11 heteroatoms. The van der Waals surface area contributed by atoms with Gasteiger partial charge in [0.2, 0.25) is 5.91 Å². The highest BCUT2D eigenvalue weighted by molar-refractivity contribution is 5.97. The molecule has 0 spiro atoms. The fourth-order valence-electron chi connectivity index (χ4n) is 4.81. The molecule has 0 bridgehead atoms. The van der Waals surface area contributed by atoms with Gasteiger partial charge in [0.25, 0.3) is 0 Å². The van der Waals surface area contributed by atoms with E-state index < -0.39 is 5.82 Å². The van der Waals surface area contributed by atoms with Crippen molar-refractivity contribution >= 4 is 39.3 Å². The molecular weight excluding hydrogens is 473 g/mol. The summed E-state index contributed by atoms with van der Waals surface area (Å²) in [5, 5.41) is 10.3. The number of anilines is 2. The van der Waals surface area contributed by atoms with Crippen molar-refractivity contribution in [1.82, 2.24) is 35.1 Å². The van der Waals surface area contributed by atoms with Crippen LogP contribution in [0.15, 0.2) is 36.9 Å². The molecule has 1 saturated heterocycles. The fraction of sp³-hybridized carbons (Fsp3) is 0.308. The third kappa shape index (κ3) is 4.26. The Balaban J connectivity index is 1.41. The summed E-state index contributed by atoms with van der Waals surface area (Å²) < 4.78 is 16.0. The second kappa shape index (κ2) is 9.57. The van der Waals surface area contributed by atoms with Gasteiger partial charge >= 0.3 is 0 Å². The Kier molecular flexibility index (Phi) is 5.95. The zero-order valence-corrected chi connectivity index (χ0v) is 20.4. The molecule has 0 saturated carbocycles. The van der Waals surface area contributed by atoms with Gasteiger partial charge in [-0.2, -0.15) is 5.10 Å². The summed E-state index contributed by atoms with van der Waals surface area (Å²) in [6.07, 6.45) is 10.9. The Labute approximate surface area is 211 Å². The average molecular weight is 500 g/mol. The number of pyridine rings is 3. The van der Waals surface area contributed by atoms with Crippen molar-refractivity contribution in [1.29, 1.82) is 0 Å². The second-order valence-electron chi connectivity index (χ2n) is 9.21. The molecule has 1 aliphatic rings. The highest BCUT2D eigenvalue weighted by atomic mass is 19.1. The van der Waals surface area contributed by atoms with Crippen LogP contribution in [0.4, 0.5) is 15.9 Å². The van der Waals surface area contributed by atoms with Crippen LogP contribution in [0.3, 0.4) is 0 Å². The van der Waals surface area contributed by atoms with Crippen molar-refractivity contribution in [3.8, 4) is 22.8 Å². The maximum Gasteiger partial charge on any atom is 0.224 e. The first kappa shape index (κ1) is 23.0. The molecular formula is C26H26FN9O. The van der Waals surface area contributed by atoms with Gasteiger partial charge in [0.1, 0.15) is 16.9 Å². The Morgan fingerprint density at radius 1 is 1.11 bits per heavy atom. The van der Waals surface area contributed by atoms with Gasteiger partial charge in [0, 0.05) is 37.5 Å². The topological polar surface area (TPSA) is 128 Å². The van der Waals surface area contributed by atoms with Crippen molar-refractivity contribution in [2.75, 3.05) is 23.3 Å². The molecule has 1 aliphatic heterocycles. The maximum atomic E-state index is 16.0. The molecule has 37 heavy (non-hydrogen) atoms. The molecule has 0 radical (unpaired) electrons. The van der Waals surface area contributed by atoms with E-state index in [0.29, 0.717) is 34.7 Å². The number of carbonyl (C=O) groups excluding carboxylic acids is 1. The molecule has 1 amide bonds. The van der Waals surface area contributed by atoms with Crippen molar-refractivity contribution in [2.24, 2.45) is 0 Å². The van der Waals surface area contributed by atoms with Gasteiger partial charge in [-0.1, -0.05) is 6.92 Å². The highest BCUT2D eigenvalue weighted by Gasteiger charge is 2.23. The lowest BCUT2D eigenvalue weighted by Crippen LogP contribution is -2.30. The van der Waals surface area contributed by atoms with Gasteiger partial charge in [-0.15, -0.1) is 0 Å². The van der Waals surface area contributed by atoms with Crippen molar-refractivity contribution in [2.45, 2.75) is 39.0 Å². The minimum atomic E-state index is -0.546. The minimum Gasteiger partial charge on any atom is -0.355 e. The van der Waals surface area contributed by atoms with Crippen LogP contribution in [0.2, 0.25) is 0 Å². The molecule has 0 atom stereocenters. The van der Waals surface area contributed by atoms with E-state index >= 15 is 4.39 Å². The third-order valence-corrected chi connectivity index (χ3v) is 6.58. The molecule has 0 aliphatic carbocycles. The number of carbonyl (C=O) groups is 1. The SMILES string of the molecule is CCCC(=O)Nc1cncc(-c2ncc3[nH]nc(-c4nc5c(N6CCCCC6)nccc5[nH]4)c3c2F)c1. The van der Waals surface area contributed by atoms with Crippen molar-refractivity contribution < 1.29 is 9.18 Å². The maximum absolute atomic E-state index is 16.0. The number of imidazole rings is 1. The molecule has 5 aromatic rings. The Morgan fingerprint density at radius 2 is 1.97 bits per heavy atom. The largest absolute Gasteiger partial charge is 0.355 e. The van der Waals surface area contributed by atoms with Crippen LogP contribution in [-0.4, -0.2) is 54.1 Å². The van der Waals surface area contributed by atoms with E-state index in [9.17, 15) is 4.79 Å². The minimum absolute atomic E-state index is 0.112. The molecule has 3 N–H and O–H groups in total. The third-order valence-electron chi connectivity index (χ3n) is 6.58. The van der Waals surface area contributed by atoms with Crippen molar-refractivity contribution in [3.63, 3.8) is 0 Å². The van der Waals surface area contributed by atoms with E-state index in [1.807, 2.05) is 13.0 Å². The van der Waals surface area contributed by atoms with E-state index in [1.165, 1.54) is 25.0 Å². The number of amides is 1. The smallest absolute Gasteiger partial charge is 0.224 e. The number of fused-ring (bicyclic) bond motifs is 2. The summed E-state index contributed by atoms with van der Waals surface area (Å²) in [7, 11) is 0. The molecule has 10 nitrogen and oxygen atoms in total. The van der Waals surface area contributed by atoms with Crippen molar-refractivity contribution in [3.05, 3.63) is 42.7 Å². The number of halogens is 1. The predicted octanol–water partition coefficient (Wildman–Crippen LogP) is 4.83. The molecule has 5 aromatic heterocycles. The second-order valence-corrected chi connectivity index (χ2v) is 9.21. The monoisotopic (exact) mass is 499 g/mol. The summed E-state index contributed by atoms with van der Waals surface area (Å²) in [5.74, 6) is 0.610. The van der Waals surface area contributed by atoms with Gasteiger partial charge in [0.05, 0.1) is 34.5 Å². The summed E-state index contributed by atoms with van der Waals surface area (Å²) in [5.41, 5.74) is 3.41. The molecule has 0 unspecified atom stereocenters. The standard InChI is InChI=1S/C26H26FN9O/c1-2-6-19(37)31-16-11-15(12-28-13-16)22-21(27)20-18(14-30-22)34-35-24(20)25-32-17-7-8-29-26(23(17)33-25)36-9-4-3-5-10-36/h7-8,11-14H,2-6,9-10H2,1H3,(H,31,37)(H,32,33)(H,34,35). The quantitative estimate of drug-likeness (QED) is 0.305.